The van der Waals surface area contributed by atoms with Gasteiger partial charge in [-0.2, -0.15) is 0 Å². The third-order valence-corrected chi connectivity index (χ3v) is 14.9. The van der Waals surface area contributed by atoms with Gasteiger partial charge in [0.15, 0.2) is 0 Å². The SMILES string of the molecule is CCC[CH2][Sn]1([CH2]CCC)[O][C@H]2[C@H](O)[C@H]3COC(O3)[C@@H]2[O]1. The summed E-state index contributed by atoms with van der Waals surface area (Å²) in [6, 6.07) is 0. The van der Waals surface area contributed by atoms with E-state index in [9.17, 15) is 5.11 Å². The Kier molecular flexibility index (Phi) is 4.94. The molecule has 116 valence electrons. The molecule has 0 saturated carbocycles. The second kappa shape index (κ2) is 6.38. The fourth-order valence-corrected chi connectivity index (χ4v) is 15.0. The molecule has 0 aliphatic carbocycles. The summed E-state index contributed by atoms with van der Waals surface area (Å²) in [5, 5.41) is 10.4. The summed E-state index contributed by atoms with van der Waals surface area (Å²) in [4.78, 5) is 0. The van der Waals surface area contributed by atoms with Crippen LogP contribution in [0.25, 0.3) is 0 Å². The molecule has 2 bridgehead atoms. The van der Waals surface area contributed by atoms with E-state index in [1.807, 2.05) is 0 Å². The van der Waals surface area contributed by atoms with Gasteiger partial charge in [0.1, 0.15) is 0 Å². The molecule has 0 aromatic carbocycles. The van der Waals surface area contributed by atoms with Gasteiger partial charge in [-0.05, 0) is 0 Å². The van der Waals surface area contributed by atoms with Crippen molar-refractivity contribution in [3.05, 3.63) is 0 Å². The maximum absolute atomic E-state index is 10.4. The Labute approximate surface area is 125 Å². The first-order valence-corrected chi connectivity index (χ1v) is 14.4. The van der Waals surface area contributed by atoms with Crippen molar-refractivity contribution in [3.8, 4) is 0 Å². The van der Waals surface area contributed by atoms with Gasteiger partial charge in [-0.1, -0.05) is 0 Å². The molecule has 1 unspecified atom stereocenters. The molecule has 3 saturated heterocycles. The number of aliphatic hydroxyl groups is 1. The van der Waals surface area contributed by atoms with Gasteiger partial charge in [0.25, 0.3) is 0 Å². The number of rotatable bonds is 6. The Balaban J connectivity index is 1.74. The zero-order chi connectivity index (χ0) is 14.2. The van der Waals surface area contributed by atoms with Crippen molar-refractivity contribution in [2.24, 2.45) is 0 Å². The second-order valence-electron chi connectivity index (χ2n) is 6.15. The van der Waals surface area contributed by atoms with Gasteiger partial charge in [-0.3, -0.25) is 0 Å². The molecule has 0 amide bonds. The Morgan fingerprint density at radius 3 is 2.35 bits per heavy atom. The first kappa shape index (κ1) is 15.5. The molecule has 5 nitrogen and oxygen atoms in total. The van der Waals surface area contributed by atoms with Crippen molar-refractivity contribution in [2.75, 3.05) is 6.61 Å². The Morgan fingerprint density at radius 2 is 1.70 bits per heavy atom. The molecule has 0 spiro atoms. The van der Waals surface area contributed by atoms with Crippen molar-refractivity contribution >= 4 is 19.2 Å². The Hall–Kier alpha value is 0.599. The average molecular weight is 393 g/mol. The number of aliphatic hydroxyl groups excluding tert-OH is 1. The molecule has 5 atom stereocenters. The van der Waals surface area contributed by atoms with E-state index in [0.29, 0.717) is 6.61 Å². The number of fused-ring (bicyclic) bond motifs is 4. The van der Waals surface area contributed by atoms with Gasteiger partial charge >= 0.3 is 126 Å². The van der Waals surface area contributed by atoms with Crippen LogP contribution in [0.4, 0.5) is 0 Å². The zero-order valence-corrected chi connectivity index (χ0v) is 15.3. The quantitative estimate of drug-likeness (QED) is 0.700. The monoisotopic (exact) mass is 394 g/mol. The van der Waals surface area contributed by atoms with E-state index in [1.54, 1.807) is 0 Å². The molecule has 0 radical (unpaired) electrons. The Bertz CT molecular complexity index is 324. The molecule has 3 rings (SSSR count). The topological polar surface area (TPSA) is 57.2 Å². The molecule has 6 heteroatoms. The molecule has 1 N–H and O–H groups in total. The van der Waals surface area contributed by atoms with Gasteiger partial charge in [0, 0.05) is 0 Å². The van der Waals surface area contributed by atoms with E-state index in [-0.39, 0.29) is 24.6 Å². The summed E-state index contributed by atoms with van der Waals surface area (Å²) >= 11 is -3.04. The summed E-state index contributed by atoms with van der Waals surface area (Å²) in [7, 11) is 0. The van der Waals surface area contributed by atoms with Gasteiger partial charge < -0.3 is 0 Å². The van der Waals surface area contributed by atoms with Crippen LogP contribution in [0.1, 0.15) is 39.5 Å². The van der Waals surface area contributed by atoms with E-state index in [0.717, 1.165) is 34.6 Å². The Morgan fingerprint density at radius 1 is 1.05 bits per heavy atom. The molecule has 20 heavy (non-hydrogen) atoms. The third-order valence-electron chi connectivity index (χ3n) is 4.57. The summed E-state index contributed by atoms with van der Waals surface area (Å²) < 4.78 is 26.3. The van der Waals surface area contributed by atoms with Crippen LogP contribution in [0.2, 0.25) is 8.87 Å². The van der Waals surface area contributed by atoms with Crippen molar-refractivity contribution in [2.45, 2.75) is 79.1 Å². The van der Waals surface area contributed by atoms with Crippen LogP contribution >= 0.6 is 0 Å². The molecule has 3 aliphatic rings. The fourth-order valence-electron chi connectivity index (χ4n) is 3.39. The predicted molar refractivity (Wildman–Crippen MR) is 75.5 cm³/mol. The van der Waals surface area contributed by atoms with E-state index in [4.69, 9.17) is 15.6 Å². The van der Waals surface area contributed by atoms with Crippen molar-refractivity contribution in [1.82, 2.24) is 0 Å². The zero-order valence-electron chi connectivity index (χ0n) is 12.4. The van der Waals surface area contributed by atoms with E-state index in [1.165, 1.54) is 0 Å². The minimum absolute atomic E-state index is 0.201. The molecular formula is C14H26O5Sn. The molecule has 3 fully saturated rings. The summed E-state index contributed by atoms with van der Waals surface area (Å²) in [5.41, 5.74) is 0. The molecule has 3 aliphatic heterocycles. The van der Waals surface area contributed by atoms with Crippen molar-refractivity contribution in [3.63, 3.8) is 0 Å². The first-order valence-electron chi connectivity index (χ1n) is 8.00. The predicted octanol–water partition coefficient (Wildman–Crippen LogP) is 1.93. The fraction of sp³-hybridized carbons (Fsp3) is 1.00. The standard InChI is InChI=1S/C6H8O5.2C4H9.Sn/c7-3-2-1-10-6(11-2)5(9)4(3)8;2*1-3-4-2;/h2-7H,1H2;2*1,3-4H2,2H3;/q-2;;;+2/t2-,3-,4+,5-,6?;;;/m1.../s1. The van der Waals surface area contributed by atoms with Gasteiger partial charge in [-0.25, -0.2) is 0 Å². The molecule has 0 aromatic rings. The van der Waals surface area contributed by atoms with Crippen LogP contribution < -0.4 is 0 Å². The van der Waals surface area contributed by atoms with Crippen LogP contribution in [-0.4, -0.2) is 61.6 Å². The van der Waals surface area contributed by atoms with E-state index >= 15 is 0 Å². The van der Waals surface area contributed by atoms with Crippen LogP contribution in [-0.2, 0) is 15.6 Å². The van der Waals surface area contributed by atoms with Crippen LogP contribution in [0.5, 0.6) is 0 Å². The summed E-state index contributed by atoms with van der Waals surface area (Å²) in [6.07, 6.45) is 3.07. The number of hydrogen-bond acceptors (Lipinski definition) is 5. The van der Waals surface area contributed by atoms with E-state index < -0.39 is 25.3 Å². The van der Waals surface area contributed by atoms with Crippen LogP contribution in [0.15, 0.2) is 0 Å². The van der Waals surface area contributed by atoms with Gasteiger partial charge in [-0.15, -0.1) is 0 Å². The molecule has 3 heterocycles. The van der Waals surface area contributed by atoms with Crippen LogP contribution in [0, 0.1) is 0 Å². The minimum atomic E-state index is -3.04. The second-order valence-corrected chi connectivity index (χ2v) is 15.5. The average Bonchev–Trinajstić information content (AvgIpc) is 3.05. The van der Waals surface area contributed by atoms with Gasteiger partial charge in [0.05, 0.1) is 0 Å². The summed E-state index contributed by atoms with van der Waals surface area (Å²) in [6.45, 7) is 4.85. The maximum atomic E-state index is 10.4. The first-order chi connectivity index (χ1) is 9.69. The van der Waals surface area contributed by atoms with Gasteiger partial charge in [0.2, 0.25) is 0 Å². The third kappa shape index (κ3) is 2.77. The summed E-state index contributed by atoms with van der Waals surface area (Å²) in [5.74, 6) is 0. The molecular weight excluding hydrogens is 367 g/mol. The van der Waals surface area contributed by atoms with Crippen molar-refractivity contribution in [1.29, 1.82) is 0 Å². The number of hydrogen-bond donors (Lipinski definition) is 1. The normalized spacial score (nSPS) is 41.9. The van der Waals surface area contributed by atoms with Crippen molar-refractivity contribution < 1.29 is 20.7 Å². The molecule has 0 aromatic heterocycles. The van der Waals surface area contributed by atoms with Crippen LogP contribution in [0.3, 0.4) is 0 Å². The number of ether oxygens (including phenoxy) is 2. The number of unbranched alkanes of at least 4 members (excludes halogenated alkanes) is 2. The van der Waals surface area contributed by atoms with E-state index in [2.05, 4.69) is 13.8 Å².